The van der Waals surface area contributed by atoms with E-state index < -0.39 is 0 Å². The molecular formula is C18H13IN2O2S. The van der Waals surface area contributed by atoms with Crippen LogP contribution in [0.4, 0.5) is 11.4 Å². The van der Waals surface area contributed by atoms with Crippen LogP contribution in [-0.4, -0.2) is 11.8 Å². The molecule has 2 amide bonds. The number of anilines is 2. The van der Waals surface area contributed by atoms with Gasteiger partial charge < -0.3 is 10.6 Å². The maximum Gasteiger partial charge on any atom is 0.265 e. The molecule has 0 saturated heterocycles. The van der Waals surface area contributed by atoms with Crippen LogP contribution in [-0.2, 0) is 0 Å². The van der Waals surface area contributed by atoms with Crippen molar-refractivity contribution in [3.05, 3.63) is 80.1 Å². The van der Waals surface area contributed by atoms with Gasteiger partial charge in [0, 0.05) is 20.5 Å². The van der Waals surface area contributed by atoms with Gasteiger partial charge >= 0.3 is 0 Å². The first-order chi connectivity index (χ1) is 11.6. The highest BCUT2D eigenvalue weighted by atomic mass is 127. The highest BCUT2D eigenvalue weighted by molar-refractivity contribution is 14.1. The van der Waals surface area contributed by atoms with Gasteiger partial charge in [0.1, 0.15) is 0 Å². The summed E-state index contributed by atoms with van der Waals surface area (Å²) in [4.78, 5) is 25.0. The number of hydrogen-bond acceptors (Lipinski definition) is 3. The van der Waals surface area contributed by atoms with Gasteiger partial charge in [-0.05, 0) is 76.5 Å². The van der Waals surface area contributed by atoms with E-state index in [4.69, 9.17) is 0 Å². The molecule has 0 aliphatic carbocycles. The van der Waals surface area contributed by atoms with Crippen molar-refractivity contribution in [1.82, 2.24) is 0 Å². The molecule has 3 aromatic rings. The molecule has 2 N–H and O–H groups in total. The SMILES string of the molecule is O=C(Nc1cccc(NC(=O)c2cccs2)c1)c1ccc(I)cc1. The predicted molar refractivity (Wildman–Crippen MR) is 106 cm³/mol. The minimum absolute atomic E-state index is 0.161. The van der Waals surface area contributed by atoms with Crippen molar-refractivity contribution in [2.75, 3.05) is 10.6 Å². The van der Waals surface area contributed by atoms with E-state index >= 15 is 0 Å². The molecule has 24 heavy (non-hydrogen) atoms. The largest absolute Gasteiger partial charge is 0.322 e. The van der Waals surface area contributed by atoms with Crippen LogP contribution in [0.2, 0.25) is 0 Å². The van der Waals surface area contributed by atoms with Crippen molar-refractivity contribution in [3.63, 3.8) is 0 Å². The molecule has 0 radical (unpaired) electrons. The van der Waals surface area contributed by atoms with Crippen LogP contribution in [0.5, 0.6) is 0 Å². The maximum atomic E-state index is 12.2. The average Bonchev–Trinajstić information content (AvgIpc) is 3.10. The zero-order chi connectivity index (χ0) is 16.9. The normalized spacial score (nSPS) is 10.2. The zero-order valence-electron chi connectivity index (χ0n) is 12.5. The molecular weight excluding hydrogens is 435 g/mol. The summed E-state index contributed by atoms with van der Waals surface area (Å²) in [5.41, 5.74) is 1.85. The molecule has 0 fully saturated rings. The third-order valence-electron chi connectivity index (χ3n) is 3.23. The van der Waals surface area contributed by atoms with Gasteiger partial charge in [-0.3, -0.25) is 9.59 Å². The quantitative estimate of drug-likeness (QED) is 0.561. The first-order valence-electron chi connectivity index (χ1n) is 7.14. The minimum atomic E-state index is -0.187. The monoisotopic (exact) mass is 448 g/mol. The van der Waals surface area contributed by atoms with Crippen LogP contribution in [0.1, 0.15) is 20.0 Å². The Morgan fingerprint density at radius 2 is 1.50 bits per heavy atom. The molecule has 0 spiro atoms. The van der Waals surface area contributed by atoms with Gasteiger partial charge in [-0.25, -0.2) is 0 Å². The van der Waals surface area contributed by atoms with Crippen molar-refractivity contribution < 1.29 is 9.59 Å². The van der Waals surface area contributed by atoms with Gasteiger partial charge in [0.25, 0.3) is 11.8 Å². The first-order valence-corrected chi connectivity index (χ1v) is 9.09. The Balaban J connectivity index is 1.70. The van der Waals surface area contributed by atoms with Crippen LogP contribution < -0.4 is 10.6 Å². The summed E-state index contributed by atoms with van der Waals surface area (Å²) >= 11 is 3.57. The minimum Gasteiger partial charge on any atom is -0.322 e. The zero-order valence-corrected chi connectivity index (χ0v) is 15.4. The first kappa shape index (κ1) is 16.7. The van der Waals surface area contributed by atoms with Gasteiger partial charge in [-0.15, -0.1) is 11.3 Å². The Morgan fingerprint density at radius 3 is 2.12 bits per heavy atom. The molecule has 120 valence electrons. The van der Waals surface area contributed by atoms with Crippen LogP contribution in [0, 0.1) is 3.57 Å². The summed E-state index contributed by atoms with van der Waals surface area (Å²) in [6.45, 7) is 0. The van der Waals surface area contributed by atoms with Gasteiger partial charge in [-0.1, -0.05) is 12.1 Å². The standard InChI is InChI=1S/C18H13IN2O2S/c19-13-8-6-12(7-9-13)17(22)20-14-3-1-4-15(11-14)21-18(23)16-5-2-10-24-16/h1-11H,(H,20,22)(H,21,23). The summed E-state index contributed by atoms with van der Waals surface area (Å²) in [6.07, 6.45) is 0. The van der Waals surface area contributed by atoms with Crippen molar-refractivity contribution in [3.8, 4) is 0 Å². The van der Waals surface area contributed by atoms with Crippen molar-refractivity contribution in [2.45, 2.75) is 0 Å². The number of carbonyl (C=O) groups excluding carboxylic acids is 2. The topological polar surface area (TPSA) is 58.2 Å². The Kier molecular flexibility index (Phi) is 5.27. The van der Waals surface area contributed by atoms with E-state index in [-0.39, 0.29) is 11.8 Å². The number of rotatable bonds is 4. The number of amides is 2. The number of halogens is 1. The van der Waals surface area contributed by atoms with Crippen LogP contribution in [0.3, 0.4) is 0 Å². The number of nitrogens with one attached hydrogen (secondary N) is 2. The van der Waals surface area contributed by atoms with E-state index in [2.05, 4.69) is 33.2 Å². The molecule has 0 unspecified atom stereocenters. The van der Waals surface area contributed by atoms with Gasteiger partial charge in [0.05, 0.1) is 4.88 Å². The van der Waals surface area contributed by atoms with E-state index in [1.807, 2.05) is 23.6 Å². The second-order valence-corrected chi connectivity index (χ2v) is 7.17. The lowest BCUT2D eigenvalue weighted by molar-refractivity contribution is 0.102. The summed E-state index contributed by atoms with van der Waals surface area (Å²) in [6, 6.07) is 18.0. The summed E-state index contributed by atoms with van der Waals surface area (Å²) in [5.74, 6) is -0.348. The number of benzene rings is 2. The molecule has 1 aromatic heterocycles. The van der Waals surface area contributed by atoms with E-state index in [1.165, 1.54) is 11.3 Å². The molecule has 1 heterocycles. The Bertz CT molecular complexity index is 861. The van der Waals surface area contributed by atoms with E-state index in [1.54, 1.807) is 42.5 Å². The van der Waals surface area contributed by atoms with E-state index in [0.29, 0.717) is 21.8 Å². The maximum absolute atomic E-state index is 12.2. The Morgan fingerprint density at radius 1 is 0.833 bits per heavy atom. The summed E-state index contributed by atoms with van der Waals surface area (Å²) < 4.78 is 1.07. The van der Waals surface area contributed by atoms with Gasteiger partial charge in [0.15, 0.2) is 0 Å². The number of carbonyl (C=O) groups is 2. The lowest BCUT2D eigenvalue weighted by Gasteiger charge is -2.08. The fraction of sp³-hybridized carbons (Fsp3) is 0. The van der Waals surface area contributed by atoms with Gasteiger partial charge in [0.2, 0.25) is 0 Å². The number of thiophene rings is 1. The Labute approximate surface area is 157 Å². The molecule has 4 nitrogen and oxygen atoms in total. The molecule has 6 heteroatoms. The lowest BCUT2D eigenvalue weighted by Crippen LogP contribution is -2.13. The lowest BCUT2D eigenvalue weighted by atomic mass is 10.2. The highest BCUT2D eigenvalue weighted by Crippen LogP contribution is 2.18. The van der Waals surface area contributed by atoms with Crippen LogP contribution in [0.25, 0.3) is 0 Å². The molecule has 0 atom stereocenters. The van der Waals surface area contributed by atoms with Gasteiger partial charge in [-0.2, -0.15) is 0 Å². The molecule has 0 aliphatic heterocycles. The summed E-state index contributed by atoms with van der Waals surface area (Å²) in [7, 11) is 0. The highest BCUT2D eigenvalue weighted by Gasteiger charge is 2.09. The van der Waals surface area contributed by atoms with Crippen molar-refractivity contribution >= 4 is 57.1 Å². The molecule has 0 aliphatic rings. The molecule has 0 saturated carbocycles. The van der Waals surface area contributed by atoms with Crippen molar-refractivity contribution in [2.24, 2.45) is 0 Å². The second kappa shape index (κ2) is 7.59. The predicted octanol–water partition coefficient (Wildman–Crippen LogP) is 4.86. The third-order valence-corrected chi connectivity index (χ3v) is 4.82. The van der Waals surface area contributed by atoms with E-state index in [9.17, 15) is 9.59 Å². The smallest absolute Gasteiger partial charge is 0.265 e. The third kappa shape index (κ3) is 4.21. The molecule has 0 bridgehead atoms. The fourth-order valence-corrected chi connectivity index (χ4v) is 3.06. The second-order valence-electron chi connectivity index (χ2n) is 4.97. The molecule has 3 rings (SSSR count). The van der Waals surface area contributed by atoms with Crippen LogP contribution in [0.15, 0.2) is 66.0 Å². The molecule has 2 aromatic carbocycles. The van der Waals surface area contributed by atoms with Crippen molar-refractivity contribution in [1.29, 1.82) is 0 Å². The summed E-state index contributed by atoms with van der Waals surface area (Å²) in [5, 5.41) is 7.51. The fourth-order valence-electron chi connectivity index (χ4n) is 2.08. The Hall–Kier alpha value is -2.19. The van der Waals surface area contributed by atoms with Crippen LogP contribution >= 0.6 is 33.9 Å². The van der Waals surface area contributed by atoms with E-state index in [0.717, 1.165) is 3.57 Å². The number of hydrogen-bond donors (Lipinski definition) is 2. The average molecular weight is 448 g/mol.